The van der Waals surface area contributed by atoms with Crippen LogP contribution in [0.15, 0.2) is 53.1 Å². The maximum Gasteiger partial charge on any atom is 0.124 e. The second-order valence-corrected chi connectivity index (χ2v) is 5.97. The van der Waals surface area contributed by atoms with Gasteiger partial charge in [0.25, 0.3) is 0 Å². The Kier molecular flexibility index (Phi) is 4.08. The lowest BCUT2D eigenvalue weighted by Crippen LogP contribution is -2.02. The fourth-order valence-electron chi connectivity index (χ4n) is 2.54. The Balaban J connectivity index is 1.94. The van der Waals surface area contributed by atoms with Crippen LogP contribution in [-0.4, -0.2) is 11.1 Å². The molecule has 3 rings (SSSR count). The minimum atomic E-state index is -0.227. The van der Waals surface area contributed by atoms with Crippen molar-refractivity contribution >= 4 is 26.8 Å². The van der Waals surface area contributed by atoms with Gasteiger partial charge in [0.1, 0.15) is 5.82 Å². The average molecular weight is 347 g/mol. The molecule has 0 atom stereocenters. The molecule has 0 unspecified atom stereocenters. The van der Waals surface area contributed by atoms with Crippen LogP contribution < -0.4 is 5.73 Å². The van der Waals surface area contributed by atoms with E-state index in [1.54, 1.807) is 0 Å². The first-order valence-corrected chi connectivity index (χ1v) is 7.68. The van der Waals surface area contributed by atoms with Gasteiger partial charge in [-0.3, -0.25) is 0 Å². The summed E-state index contributed by atoms with van der Waals surface area (Å²) < 4.78 is 16.1. The fraction of sp³-hybridized carbons (Fsp3) is 0.176. The summed E-state index contributed by atoms with van der Waals surface area (Å²) in [5.74, 6) is -0.227. The number of hydrogen-bond donors (Lipinski definition) is 1. The van der Waals surface area contributed by atoms with Crippen LogP contribution in [0.4, 0.5) is 4.39 Å². The SMILES string of the molecule is NCCc1ccc2c(ccn2Cc2ccc(F)cc2Br)c1. The zero-order valence-electron chi connectivity index (χ0n) is 11.5. The van der Waals surface area contributed by atoms with Gasteiger partial charge in [-0.1, -0.05) is 28.1 Å². The van der Waals surface area contributed by atoms with Gasteiger partial charge in [0.15, 0.2) is 0 Å². The van der Waals surface area contributed by atoms with Crippen LogP contribution in [0, 0.1) is 5.82 Å². The van der Waals surface area contributed by atoms with Gasteiger partial charge in [-0.15, -0.1) is 0 Å². The summed E-state index contributed by atoms with van der Waals surface area (Å²) in [5, 5.41) is 1.21. The number of benzene rings is 2. The predicted molar refractivity (Wildman–Crippen MR) is 87.9 cm³/mol. The van der Waals surface area contributed by atoms with E-state index in [-0.39, 0.29) is 5.82 Å². The van der Waals surface area contributed by atoms with Crippen molar-refractivity contribution in [3.8, 4) is 0 Å². The zero-order chi connectivity index (χ0) is 14.8. The number of rotatable bonds is 4. The van der Waals surface area contributed by atoms with Crippen LogP contribution >= 0.6 is 15.9 Å². The van der Waals surface area contributed by atoms with Crippen molar-refractivity contribution in [2.75, 3.05) is 6.54 Å². The molecule has 0 amide bonds. The summed E-state index contributed by atoms with van der Waals surface area (Å²) in [6.07, 6.45) is 2.96. The Labute approximate surface area is 131 Å². The number of halogens is 2. The van der Waals surface area contributed by atoms with Crippen LogP contribution in [0.5, 0.6) is 0 Å². The van der Waals surface area contributed by atoms with Crippen molar-refractivity contribution < 1.29 is 4.39 Å². The molecule has 0 saturated heterocycles. The minimum absolute atomic E-state index is 0.227. The van der Waals surface area contributed by atoms with E-state index in [0.29, 0.717) is 13.1 Å². The highest BCUT2D eigenvalue weighted by Crippen LogP contribution is 2.23. The third kappa shape index (κ3) is 3.01. The van der Waals surface area contributed by atoms with Crippen LogP contribution in [0.3, 0.4) is 0 Å². The molecular formula is C17H16BrFN2. The van der Waals surface area contributed by atoms with Crippen molar-refractivity contribution in [1.29, 1.82) is 0 Å². The predicted octanol–water partition coefficient (Wildman–Crippen LogP) is 4.09. The first-order chi connectivity index (χ1) is 10.2. The molecule has 108 valence electrons. The van der Waals surface area contributed by atoms with Crippen LogP contribution in [-0.2, 0) is 13.0 Å². The molecule has 2 aromatic carbocycles. The fourth-order valence-corrected chi connectivity index (χ4v) is 3.02. The van der Waals surface area contributed by atoms with Gasteiger partial charge >= 0.3 is 0 Å². The highest BCUT2D eigenvalue weighted by atomic mass is 79.9. The van der Waals surface area contributed by atoms with E-state index in [1.807, 2.05) is 6.07 Å². The summed E-state index contributed by atoms with van der Waals surface area (Å²) in [5.41, 5.74) is 9.08. The van der Waals surface area contributed by atoms with Crippen molar-refractivity contribution in [2.24, 2.45) is 5.73 Å². The molecule has 0 saturated carbocycles. The number of hydrogen-bond acceptors (Lipinski definition) is 1. The van der Waals surface area contributed by atoms with E-state index >= 15 is 0 Å². The summed E-state index contributed by atoms with van der Waals surface area (Å²) in [6.45, 7) is 1.37. The topological polar surface area (TPSA) is 30.9 Å². The molecule has 0 aliphatic rings. The normalized spacial score (nSPS) is 11.2. The maximum absolute atomic E-state index is 13.1. The van der Waals surface area contributed by atoms with Gasteiger partial charge in [0, 0.05) is 22.7 Å². The van der Waals surface area contributed by atoms with Crippen LogP contribution in [0.1, 0.15) is 11.1 Å². The molecule has 0 spiro atoms. The van der Waals surface area contributed by atoms with E-state index < -0.39 is 0 Å². The molecule has 1 aromatic heterocycles. The first kappa shape index (κ1) is 14.3. The van der Waals surface area contributed by atoms with Crippen molar-refractivity contribution in [2.45, 2.75) is 13.0 Å². The van der Waals surface area contributed by atoms with Gasteiger partial charge in [-0.25, -0.2) is 4.39 Å². The van der Waals surface area contributed by atoms with E-state index in [9.17, 15) is 4.39 Å². The lowest BCUT2D eigenvalue weighted by Gasteiger charge is -2.08. The number of fused-ring (bicyclic) bond motifs is 1. The molecule has 2 N–H and O–H groups in total. The Morgan fingerprint density at radius 1 is 1.10 bits per heavy atom. The van der Waals surface area contributed by atoms with Gasteiger partial charge in [-0.05, 0) is 59.8 Å². The Bertz CT molecular complexity index is 780. The average Bonchev–Trinajstić information content (AvgIpc) is 2.85. The molecule has 0 fully saturated rings. The summed E-state index contributed by atoms with van der Waals surface area (Å²) in [4.78, 5) is 0. The van der Waals surface area contributed by atoms with Gasteiger partial charge in [0.05, 0.1) is 0 Å². The molecule has 0 aliphatic heterocycles. The third-order valence-corrected chi connectivity index (χ3v) is 4.36. The van der Waals surface area contributed by atoms with Crippen LogP contribution in [0.25, 0.3) is 10.9 Å². The van der Waals surface area contributed by atoms with Crippen molar-refractivity contribution in [3.63, 3.8) is 0 Å². The third-order valence-electron chi connectivity index (χ3n) is 3.62. The number of nitrogens with two attached hydrogens (primary N) is 1. The lowest BCUT2D eigenvalue weighted by molar-refractivity contribution is 0.625. The molecule has 2 nitrogen and oxygen atoms in total. The number of aromatic nitrogens is 1. The highest BCUT2D eigenvalue weighted by molar-refractivity contribution is 9.10. The molecule has 21 heavy (non-hydrogen) atoms. The lowest BCUT2D eigenvalue weighted by atomic mass is 10.1. The summed E-state index contributed by atoms with van der Waals surface area (Å²) in [6, 6.07) is 13.3. The number of nitrogens with zero attached hydrogens (tertiary/aromatic N) is 1. The van der Waals surface area contributed by atoms with Gasteiger partial charge < -0.3 is 10.3 Å². The van der Waals surface area contributed by atoms with E-state index in [1.165, 1.54) is 28.6 Å². The molecule has 0 aliphatic carbocycles. The van der Waals surface area contributed by atoms with E-state index in [4.69, 9.17) is 5.73 Å². The summed E-state index contributed by atoms with van der Waals surface area (Å²) in [7, 11) is 0. The molecule has 4 heteroatoms. The Hall–Kier alpha value is -1.65. The maximum atomic E-state index is 13.1. The molecule has 0 bridgehead atoms. The first-order valence-electron chi connectivity index (χ1n) is 6.89. The zero-order valence-corrected chi connectivity index (χ0v) is 13.1. The standard InChI is InChI=1S/C17H16BrFN2/c18-16-10-15(19)3-2-14(16)11-21-8-6-13-9-12(5-7-20)1-4-17(13)21/h1-4,6,8-10H,5,7,11,20H2. The van der Waals surface area contributed by atoms with E-state index in [0.717, 1.165) is 16.5 Å². The summed E-state index contributed by atoms with van der Waals surface area (Å²) >= 11 is 3.42. The van der Waals surface area contributed by atoms with Crippen molar-refractivity contribution in [3.05, 3.63) is 70.1 Å². The minimum Gasteiger partial charge on any atom is -0.343 e. The molecule has 3 aromatic rings. The molecule has 0 radical (unpaired) electrons. The molecule has 1 heterocycles. The van der Waals surface area contributed by atoms with Gasteiger partial charge in [0.2, 0.25) is 0 Å². The monoisotopic (exact) mass is 346 g/mol. The van der Waals surface area contributed by atoms with Gasteiger partial charge in [-0.2, -0.15) is 0 Å². The highest BCUT2D eigenvalue weighted by Gasteiger charge is 2.06. The largest absolute Gasteiger partial charge is 0.343 e. The van der Waals surface area contributed by atoms with Crippen LogP contribution in [0.2, 0.25) is 0 Å². The molecular weight excluding hydrogens is 331 g/mol. The Morgan fingerprint density at radius 2 is 1.95 bits per heavy atom. The smallest absolute Gasteiger partial charge is 0.124 e. The Morgan fingerprint density at radius 3 is 2.71 bits per heavy atom. The van der Waals surface area contributed by atoms with E-state index in [2.05, 4.69) is 51.0 Å². The second kappa shape index (κ2) is 6.00. The van der Waals surface area contributed by atoms with Crippen molar-refractivity contribution in [1.82, 2.24) is 4.57 Å². The quantitative estimate of drug-likeness (QED) is 0.757. The second-order valence-electron chi connectivity index (χ2n) is 5.11.